The number of imide groups is 1. The van der Waals surface area contributed by atoms with Gasteiger partial charge < -0.3 is 4.90 Å². The van der Waals surface area contributed by atoms with Crippen molar-refractivity contribution in [2.45, 2.75) is 44.3 Å². The Morgan fingerprint density at radius 2 is 1.76 bits per heavy atom. The number of nitrogens with zero attached hydrogens (tertiary/aromatic N) is 3. The summed E-state index contributed by atoms with van der Waals surface area (Å²) >= 11 is 0. The van der Waals surface area contributed by atoms with Crippen molar-refractivity contribution in [3.05, 3.63) is 35.4 Å². The van der Waals surface area contributed by atoms with E-state index in [1.165, 1.54) is 11.0 Å². The fourth-order valence-electron chi connectivity index (χ4n) is 4.21. The maximum absolute atomic E-state index is 13.3. The maximum Gasteiger partial charge on any atom is 0.327 e. The first-order valence-corrected chi connectivity index (χ1v) is 8.84. The van der Waals surface area contributed by atoms with Gasteiger partial charge in [0.2, 0.25) is 0 Å². The Balaban J connectivity index is 1.36. The first kappa shape index (κ1) is 16.4. The summed E-state index contributed by atoms with van der Waals surface area (Å²) in [5.74, 6) is -1.71. The molecule has 7 heteroatoms. The molecule has 3 amide bonds. The molecular weight excluding hydrogens is 328 g/mol. The Bertz CT molecular complexity index is 682. The summed E-state index contributed by atoms with van der Waals surface area (Å²) in [6, 6.07) is 3.54. The highest BCUT2D eigenvalue weighted by Gasteiger charge is 2.49. The van der Waals surface area contributed by atoms with Gasteiger partial charge in [0.15, 0.2) is 11.6 Å². The second kappa shape index (κ2) is 6.37. The molecule has 3 fully saturated rings. The quantitative estimate of drug-likeness (QED) is 0.787. The lowest BCUT2D eigenvalue weighted by molar-refractivity contribution is -0.130. The summed E-state index contributed by atoms with van der Waals surface area (Å²) in [5, 5.41) is 0. The molecule has 0 radical (unpaired) electrons. The van der Waals surface area contributed by atoms with Crippen molar-refractivity contribution in [2.24, 2.45) is 0 Å². The SMILES string of the molecule is O=C1C2CCCN2C(=O)N1C1CCN(Cc2ccc(F)c(F)c2)CC1. The van der Waals surface area contributed by atoms with Gasteiger partial charge in [-0.3, -0.25) is 14.6 Å². The first-order valence-electron chi connectivity index (χ1n) is 8.84. The van der Waals surface area contributed by atoms with Gasteiger partial charge in [-0.05, 0) is 43.4 Å². The smallest absolute Gasteiger partial charge is 0.312 e. The summed E-state index contributed by atoms with van der Waals surface area (Å²) in [5.41, 5.74) is 0.728. The van der Waals surface area contributed by atoms with E-state index in [1.54, 1.807) is 11.0 Å². The van der Waals surface area contributed by atoms with Crippen molar-refractivity contribution >= 4 is 11.9 Å². The number of rotatable bonds is 3. The molecule has 3 heterocycles. The number of halogens is 2. The summed E-state index contributed by atoms with van der Waals surface area (Å²) < 4.78 is 26.3. The molecule has 3 aliphatic rings. The van der Waals surface area contributed by atoms with Crippen LogP contribution in [0, 0.1) is 11.6 Å². The van der Waals surface area contributed by atoms with Crippen LogP contribution < -0.4 is 0 Å². The zero-order valence-corrected chi connectivity index (χ0v) is 14.0. The number of benzene rings is 1. The Morgan fingerprint density at radius 1 is 1.00 bits per heavy atom. The molecule has 1 aromatic carbocycles. The molecule has 134 valence electrons. The number of amides is 3. The number of likely N-dealkylation sites (tertiary alicyclic amines) is 1. The molecule has 4 rings (SSSR count). The monoisotopic (exact) mass is 349 g/mol. The van der Waals surface area contributed by atoms with Crippen LogP contribution in [-0.2, 0) is 11.3 Å². The van der Waals surface area contributed by atoms with Gasteiger partial charge in [-0.2, -0.15) is 0 Å². The molecule has 3 saturated heterocycles. The van der Waals surface area contributed by atoms with Crippen molar-refractivity contribution in [3.8, 4) is 0 Å². The van der Waals surface area contributed by atoms with Gasteiger partial charge >= 0.3 is 6.03 Å². The first-order chi connectivity index (χ1) is 12.0. The van der Waals surface area contributed by atoms with Gasteiger partial charge in [0.25, 0.3) is 5.91 Å². The minimum absolute atomic E-state index is 0.0402. The van der Waals surface area contributed by atoms with Gasteiger partial charge in [-0.1, -0.05) is 6.07 Å². The molecule has 3 aliphatic heterocycles. The minimum atomic E-state index is -0.839. The minimum Gasteiger partial charge on any atom is -0.312 e. The maximum atomic E-state index is 13.3. The van der Waals surface area contributed by atoms with Gasteiger partial charge in [-0.15, -0.1) is 0 Å². The van der Waals surface area contributed by atoms with Crippen molar-refractivity contribution in [3.63, 3.8) is 0 Å². The lowest BCUT2D eigenvalue weighted by Crippen LogP contribution is -2.48. The average molecular weight is 349 g/mol. The molecule has 0 bridgehead atoms. The number of piperidine rings is 1. The number of hydrogen-bond donors (Lipinski definition) is 0. The highest BCUT2D eigenvalue weighted by atomic mass is 19.2. The van der Waals surface area contributed by atoms with Crippen LogP contribution in [0.3, 0.4) is 0 Å². The molecule has 1 aromatic rings. The summed E-state index contributed by atoms with van der Waals surface area (Å²) in [7, 11) is 0. The normalized spacial score (nSPS) is 25.1. The topological polar surface area (TPSA) is 43.9 Å². The van der Waals surface area contributed by atoms with E-state index >= 15 is 0 Å². The number of carbonyl (C=O) groups is 2. The molecule has 0 spiro atoms. The molecule has 0 saturated carbocycles. The van der Waals surface area contributed by atoms with Crippen LogP contribution in [0.1, 0.15) is 31.2 Å². The van der Waals surface area contributed by atoms with Crippen LogP contribution in [0.5, 0.6) is 0 Å². The second-order valence-electron chi connectivity index (χ2n) is 7.10. The van der Waals surface area contributed by atoms with Gasteiger partial charge in [0.05, 0.1) is 0 Å². The lowest BCUT2D eigenvalue weighted by atomic mass is 10.0. The van der Waals surface area contributed by atoms with E-state index in [0.717, 1.165) is 50.4 Å². The summed E-state index contributed by atoms with van der Waals surface area (Å²) in [6.45, 7) is 2.68. The summed E-state index contributed by atoms with van der Waals surface area (Å²) in [6.07, 6.45) is 3.13. The standard InChI is InChI=1S/C18H21F2N3O2/c19-14-4-3-12(10-15(14)20)11-21-8-5-13(6-9-21)23-17(24)16-2-1-7-22(16)18(23)25/h3-4,10,13,16H,1-2,5-9,11H2. The van der Waals surface area contributed by atoms with Crippen molar-refractivity contribution in [2.75, 3.05) is 19.6 Å². The van der Waals surface area contributed by atoms with Crippen molar-refractivity contribution < 1.29 is 18.4 Å². The predicted molar refractivity (Wildman–Crippen MR) is 86.6 cm³/mol. The number of urea groups is 1. The molecule has 0 N–H and O–H groups in total. The van der Waals surface area contributed by atoms with Gasteiger partial charge in [0, 0.05) is 32.2 Å². The highest BCUT2D eigenvalue weighted by Crippen LogP contribution is 2.31. The Labute approximate surface area is 145 Å². The average Bonchev–Trinajstić information content (AvgIpc) is 3.17. The number of fused-ring (bicyclic) bond motifs is 1. The third-order valence-corrected chi connectivity index (χ3v) is 5.54. The third-order valence-electron chi connectivity index (χ3n) is 5.54. The Kier molecular flexibility index (Phi) is 4.19. The molecule has 0 aliphatic carbocycles. The molecule has 25 heavy (non-hydrogen) atoms. The van der Waals surface area contributed by atoms with Crippen LogP contribution in [0.2, 0.25) is 0 Å². The molecule has 0 aromatic heterocycles. The predicted octanol–water partition coefficient (Wildman–Crippen LogP) is 2.36. The lowest BCUT2D eigenvalue weighted by Gasteiger charge is -2.35. The van der Waals surface area contributed by atoms with Crippen molar-refractivity contribution in [1.29, 1.82) is 0 Å². The van der Waals surface area contributed by atoms with E-state index in [1.807, 2.05) is 0 Å². The van der Waals surface area contributed by atoms with Gasteiger partial charge in [0.1, 0.15) is 6.04 Å². The third kappa shape index (κ3) is 2.90. The zero-order valence-electron chi connectivity index (χ0n) is 14.0. The van der Waals surface area contributed by atoms with E-state index in [-0.39, 0.29) is 24.0 Å². The van der Waals surface area contributed by atoms with Crippen LogP contribution in [-0.4, -0.2) is 58.4 Å². The van der Waals surface area contributed by atoms with Crippen LogP contribution in [0.4, 0.5) is 13.6 Å². The number of hydrogen-bond acceptors (Lipinski definition) is 3. The highest BCUT2D eigenvalue weighted by molar-refractivity contribution is 6.04. The summed E-state index contributed by atoms with van der Waals surface area (Å²) in [4.78, 5) is 30.3. The molecule has 1 unspecified atom stereocenters. The molecular formula is C18H21F2N3O2. The fraction of sp³-hybridized carbons (Fsp3) is 0.556. The van der Waals surface area contributed by atoms with Crippen LogP contribution in [0.25, 0.3) is 0 Å². The van der Waals surface area contributed by atoms with E-state index < -0.39 is 11.6 Å². The van der Waals surface area contributed by atoms with E-state index in [4.69, 9.17) is 0 Å². The molecule has 1 atom stereocenters. The Hall–Kier alpha value is -2.02. The fourth-order valence-corrected chi connectivity index (χ4v) is 4.21. The van der Waals surface area contributed by atoms with E-state index in [0.29, 0.717) is 13.1 Å². The molecule has 5 nitrogen and oxygen atoms in total. The zero-order chi connectivity index (χ0) is 17.6. The van der Waals surface area contributed by atoms with E-state index in [2.05, 4.69) is 4.90 Å². The van der Waals surface area contributed by atoms with Crippen LogP contribution >= 0.6 is 0 Å². The van der Waals surface area contributed by atoms with Gasteiger partial charge in [-0.25, -0.2) is 13.6 Å². The van der Waals surface area contributed by atoms with Crippen LogP contribution in [0.15, 0.2) is 18.2 Å². The Morgan fingerprint density at radius 3 is 2.44 bits per heavy atom. The van der Waals surface area contributed by atoms with E-state index in [9.17, 15) is 18.4 Å². The second-order valence-corrected chi connectivity index (χ2v) is 7.10. The van der Waals surface area contributed by atoms with Crippen molar-refractivity contribution in [1.82, 2.24) is 14.7 Å². The largest absolute Gasteiger partial charge is 0.327 e. The number of carbonyl (C=O) groups excluding carboxylic acids is 2.